The standard InChI is InChI=1S/C13H23F3N4.HI/c14-13(15,16)9-20-6-5-10(8-20)7-18-12(17)19-11-3-1-2-4-11;/h10-11H,1-9H2,(H3,17,18,19);1H. The third-order valence-corrected chi connectivity index (χ3v) is 4.00. The van der Waals surface area contributed by atoms with Gasteiger partial charge in [0.2, 0.25) is 0 Å². The van der Waals surface area contributed by atoms with Crippen LogP contribution in [0.1, 0.15) is 32.1 Å². The molecule has 0 aromatic carbocycles. The van der Waals surface area contributed by atoms with Crippen LogP contribution in [-0.4, -0.2) is 49.3 Å². The van der Waals surface area contributed by atoms with Crippen molar-refractivity contribution in [2.45, 2.75) is 44.3 Å². The van der Waals surface area contributed by atoms with Crippen LogP contribution in [0.5, 0.6) is 0 Å². The average molecular weight is 420 g/mol. The topological polar surface area (TPSA) is 53.6 Å². The Kier molecular flexibility index (Phi) is 7.52. The number of nitrogens with two attached hydrogens (primary N) is 1. The second-order valence-electron chi connectivity index (χ2n) is 5.86. The zero-order chi connectivity index (χ0) is 14.6. The van der Waals surface area contributed by atoms with Gasteiger partial charge in [-0.05, 0) is 31.7 Å². The molecular weight excluding hydrogens is 396 g/mol. The molecule has 0 aromatic heterocycles. The van der Waals surface area contributed by atoms with E-state index < -0.39 is 12.7 Å². The van der Waals surface area contributed by atoms with Crippen LogP contribution in [0.3, 0.4) is 0 Å². The highest BCUT2D eigenvalue weighted by molar-refractivity contribution is 14.0. The van der Waals surface area contributed by atoms with Crippen LogP contribution in [0.4, 0.5) is 13.2 Å². The Labute approximate surface area is 140 Å². The normalized spacial score (nSPS) is 25.1. The van der Waals surface area contributed by atoms with E-state index >= 15 is 0 Å². The molecule has 1 saturated heterocycles. The minimum atomic E-state index is -4.11. The minimum absolute atomic E-state index is 0. The van der Waals surface area contributed by atoms with Gasteiger partial charge in [-0.2, -0.15) is 13.2 Å². The van der Waals surface area contributed by atoms with Crippen molar-refractivity contribution < 1.29 is 13.2 Å². The van der Waals surface area contributed by atoms with E-state index in [1.54, 1.807) is 0 Å². The van der Waals surface area contributed by atoms with Gasteiger partial charge in [0.05, 0.1) is 6.54 Å². The van der Waals surface area contributed by atoms with E-state index in [1.807, 2.05) is 0 Å². The molecule has 2 rings (SSSR count). The van der Waals surface area contributed by atoms with Gasteiger partial charge in [-0.25, -0.2) is 0 Å². The molecule has 1 aliphatic heterocycles. The highest BCUT2D eigenvalue weighted by atomic mass is 127. The van der Waals surface area contributed by atoms with E-state index in [4.69, 9.17) is 5.73 Å². The van der Waals surface area contributed by atoms with Crippen molar-refractivity contribution in [1.29, 1.82) is 0 Å². The van der Waals surface area contributed by atoms with Crippen LogP contribution < -0.4 is 11.1 Å². The van der Waals surface area contributed by atoms with Gasteiger partial charge < -0.3 is 11.1 Å². The number of nitrogens with zero attached hydrogens (tertiary/aromatic N) is 2. The number of alkyl halides is 3. The van der Waals surface area contributed by atoms with E-state index in [2.05, 4.69) is 10.3 Å². The molecule has 1 saturated carbocycles. The molecule has 1 atom stereocenters. The molecule has 1 aliphatic carbocycles. The first-order valence-corrected chi connectivity index (χ1v) is 7.28. The Morgan fingerprint density at radius 2 is 1.90 bits per heavy atom. The Morgan fingerprint density at radius 1 is 1.24 bits per heavy atom. The fourth-order valence-electron chi connectivity index (χ4n) is 3.01. The Bertz CT molecular complexity index is 343. The largest absolute Gasteiger partial charge is 0.401 e. The number of halogens is 4. The molecule has 0 aromatic rings. The van der Waals surface area contributed by atoms with Crippen LogP contribution in [0.2, 0.25) is 0 Å². The van der Waals surface area contributed by atoms with Crippen LogP contribution in [0, 0.1) is 5.92 Å². The fraction of sp³-hybridized carbons (Fsp3) is 0.923. The fourth-order valence-corrected chi connectivity index (χ4v) is 3.01. The van der Waals surface area contributed by atoms with Crippen molar-refractivity contribution in [2.24, 2.45) is 16.6 Å². The van der Waals surface area contributed by atoms with E-state index in [9.17, 15) is 13.2 Å². The zero-order valence-electron chi connectivity index (χ0n) is 12.0. The molecular formula is C13H24F3IN4. The predicted octanol–water partition coefficient (Wildman–Crippen LogP) is 2.34. The molecule has 0 amide bonds. The second kappa shape index (κ2) is 8.40. The third-order valence-electron chi connectivity index (χ3n) is 4.00. The van der Waals surface area contributed by atoms with Crippen molar-refractivity contribution in [3.05, 3.63) is 0 Å². The summed E-state index contributed by atoms with van der Waals surface area (Å²) in [6.07, 6.45) is 1.34. The number of hydrogen-bond donors (Lipinski definition) is 2. The molecule has 1 heterocycles. The maximum Gasteiger partial charge on any atom is 0.401 e. The summed E-state index contributed by atoms with van der Waals surface area (Å²) in [7, 11) is 0. The first kappa shape index (κ1) is 18.8. The summed E-state index contributed by atoms with van der Waals surface area (Å²) in [5, 5.41) is 3.19. The van der Waals surface area contributed by atoms with Crippen molar-refractivity contribution in [3.63, 3.8) is 0 Å². The first-order chi connectivity index (χ1) is 9.42. The quantitative estimate of drug-likeness (QED) is 0.417. The summed E-state index contributed by atoms with van der Waals surface area (Å²) < 4.78 is 36.8. The van der Waals surface area contributed by atoms with Crippen LogP contribution in [-0.2, 0) is 0 Å². The monoisotopic (exact) mass is 420 g/mol. The van der Waals surface area contributed by atoms with E-state index in [1.165, 1.54) is 17.7 Å². The number of rotatable bonds is 4. The van der Waals surface area contributed by atoms with Crippen LogP contribution >= 0.6 is 24.0 Å². The smallest absolute Gasteiger partial charge is 0.370 e. The molecule has 2 aliphatic rings. The van der Waals surface area contributed by atoms with E-state index in [0.717, 1.165) is 19.3 Å². The highest BCUT2D eigenvalue weighted by Gasteiger charge is 2.34. The molecule has 124 valence electrons. The van der Waals surface area contributed by atoms with Crippen molar-refractivity contribution in [2.75, 3.05) is 26.2 Å². The molecule has 0 radical (unpaired) electrons. The Morgan fingerprint density at radius 3 is 2.52 bits per heavy atom. The minimum Gasteiger partial charge on any atom is -0.370 e. The lowest BCUT2D eigenvalue weighted by molar-refractivity contribution is -0.143. The molecule has 0 spiro atoms. The van der Waals surface area contributed by atoms with Gasteiger partial charge in [0.1, 0.15) is 0 Å². The molecule has 2 fully saturated rings. The summed E-state index contributed by atoms with van der Waals surface area (Å²) in [6.45, 7) is 0.651. The highest BCUT2D eigenvalue weighted by Crippen LogP contribution is 2.23. The lowest BCUT2D eigenvalue weighted by Crippen LogP contribution is -2.39. The second-order valence-corrected chi connectivity index (χ2v) is 5.86. The maximum absolute atomic E-state index is 12.3. The number of guanidine groups is 1. The summed E-state index contributed by atoms with van der Waals surface area (Å²) >= 11 is 0. The van der Waals surface area contributed by atoms with Crippen molar-refractivity contribution in [3.8, 4) is 0 Å². The molecule has 21 heavy (non-hydrogen) atoms. The molecule has 4 nitrogen and oxygen atoms in total. The van der Waals surface area contributed by atoms with E-state index in [0.29, 0.717) is 31.6 Å². The van der Waals surface area contributed by atoms with Crippen LogP contribution in [0.15, 0.2) is 4.99 Å². The summed E-state index contributed by atoms with van der Waals surface area (Å²) in [5.74, 6) is 0.618. The van der Waals surface area contributed by atoms with Gasteiger partial charge in [0.25, 0.3) is 0 Å². The van der Waals surface area contributed by atoms with E-state index in [-0.39, 0.29) is 29.9 Å². The van der Waals surface area contributed by atoms with Gasteiger partial charge in [-0.15, -0.1) is 24.0 Å². The van der Waals surface area contributed by atoms with Crippen LogP contribution in [0.25, 0.3) is 0 Å². The zero-order valence-corrected chi connectivity index (χ0v) is 14.4. The SMILES string of the molecule is I.NC(=NCC1CCN(CC(F)(F)F)C1)NC1CCCC1. The molecule has 1 unspecified atom stereocenters. The molecule has 0 bridgehead atoms. The number of likely N-dealkylation sites (tertiary alicyclic amines) is 1. The van der Waals surface area contributed by atoms with Crippen molar-refractivity contribution in [1.82, 2.24) is 10.2 Å². The van der Waals surface area contributed by atoms with Gasteiger partial charge >= 0.3 is 6.18 Å². The summed E-state index contributed by atoms with van der Waals surface area (Å²) in [6, 6.07) is 0.420. The first-order valence-electron chi connectivity index (χ1n) is 7.28. The van der Waals surface area contributed by atoms with Gasteiger partial charge in [-0.1, -0.05) is 12.8 Å². The van der Waals surface area contributed by atoms with Gasteiger partial charge in [0, 0.05) is 19.1 Å². The lowest BCUT2D eigenvalue weighted by atomic mass is 10.1. The molecule has 8 heteroatoms. The lowest BCUT2D eigenvalue weighted by Gasteiger charge is -2.17. The average Bonchev–Trinajstić information content (AvgIpc) is 2.96. The maximum atomic E-state index is 12.3. The number of aliphatic imine (C=N–C) groups is 1. The predicted molar refractivity (Wildman–Crippen MR) is 87.9 cm³/mol. The Hall–Kier alpha value is -0.250. The number of hydrogen-bond acceptors (Lipinski definition) is 2. The third kappa shape index (κ3) is 7.03. The van der Waals surface area contributed by atoms with Gasteiger partial charge in [-0.3, -0.25) is 9.89 Å². The van der Waals surface area contributed by atoms with Gasteiger partial charge in [0.15, 0.2) is 5.96 Å². The summed E-state index contributed by atoms with van der Waals surface area (Å²) in [4.78, 5) is 5.72. The summed E-state index contributed by atoms with van der Waals surface area (Å²) in [5.41, 5.74) is 5.81. The molecule has 3 N–H and O–H groups in total. The van der Waals surface area contributed by atoms with Crippen molar-refractivity contribution >= 4 is 29.9 Å². The number of nitrogens with one attached hydrogen (secondary N) is 1. The Balaban J connectivity index is 0.00000220.